The predicted octanol–water partition coefficient (Wildman–Crippen LogP) is 4.40. The van der Waals surface area contributed by atoms with Crippen LogP contribution in [0.5, 0.6) is 23.0 Å². The largest absolute Gasteiger partial charge is 0.508 e. The Labute approximate surface area is 133 Å². The highest BCUT2D eigenvalue weighted by Gasteiger charge is 2.07. The number of hydrogen-bond donors (Lipinski definition) is 1. The van der Waals surface area contributed by atoms with Crippen molar-refractivity contribution < 1.29 is 19.4 Å². The number of rotatable bonds is 4. The van der Waals surface area contributed by atoms with E-state index in [4.69, 9.17) is 9.47 Å². The van der Waals surface area contributed by atoms with Gasteiger partial charge in [-0.05, 0) is 60.7 Å². The SMILES string of the molecule is O=C(Oc1ccc(Oc2ccc(O)cc2)cc1)c1ccccc1. The predicted molar refractivity (Wildman–Crippen MR) is 86.0 cm³/mol. The third kappa shape index (κ3) is 3.89. The fourth-order valence-electron chi connectivity index (χ4n) is 1.97. The van der Waals surface area contributed by atoms with Gasteiger partial charge in [-0.25, -0.2) is 4.79 Å². The van der Waals surface area contributed by atoms with E-state index in [-0.39, 0.29) is 5.75 Å². The fraction of sp³-hybridized carbons (Fsp3) is 0. The number of carbonyl (C=O) groups is 1. The first-order chi connectivity index (χ1) is 11.2. The van der Waals surface area contributed by atoms with Gasteiger partial charge in [0.25, 0.3) is 0 Å². The minimum atomic E-state index is -0.405. The van der Waals surface area contributed by atoms with Crippen LogP contribution in [0.3, 0.4) is 0 Å². The number of hydrogen-bond acceptors (Lipinski definition) is 4. The molecule has 0 spiro atoms. The molecular weight excluding hydrogens is 292 g/mol. The van der Waals surface area contributed by atoms with Crippen molar-refractivity contribution in [3.8, 4) is 23.0 Å². The Morgan fingerprint density at radius 3 is 1.83 bits per heavy atom. The summed E-state index contributed by atoms with van der Waals surface area (Å²) in [5, 5.41) is 9.23. The van der Waals surface area contributed by atoms with Crippen LogP contribution in [0, 0.1) is 0 Å². The van der Waals surface area contributed by atoms with E-state index in [0.29, 0.717) is 22.8 Å². The molecule has 114 valence electrons. The van der Waals surface area contributed by atoms with Crippen molar-refractivity contribution in [3.05, 3.63) is 84.4 Å². The fourth-order valence-corrected chi connectivity index (χ4v) is 1.97. The van der Waals surface area contributed by atoms with Crippen LogP contribution in [0.15, 0.2) is 78.9 Å². The lowest BCUT2D eigenvalue weighted by molar-refractivity contribution is 0.0734. The van der Waals surface area contributed by atoms with Gasteiger partial charge >= 0.3 is 5.97 Å². The molecule has 0 unspecified atom stereocenters. The van der Waals surface area contributed by atoms with E-state index in [1.54, 1.807) is 72.8 Å². The van der Waals surface area contributed by atoms with Gasteiger partial charge in [-0.1, -0.05) is 18.2 Å². The number of carbonyl (C=O) groups excluding carboxylic acids is 1. The first kappa shape index (κ1) is 14.7. The summed E-state index contributed by atoms with van der Waals surface area (Å²) in [4.78, 5) is 11.9. The quantitative estimate of drug-likeness (QED) is 0.573. The zero-order valence-electron chi connectivity index (χ0n) is 12.2. The zero-order chi connectivity index (χ0) is 16.1. The summed E-state index contributed by atoms with van der Waals surface area (Å²) in [6.45, 7) is 0. The molecule has 4 nitrogen and oxygen atoms in total. The van der Waals surface area contributed by atoms with Crippen molar-refractivity contribution in [1.29, 1.82) is 0 Å². The molecule has 0 aliphatic heterocycles. The summed E-state index contributed by atoms with van der Waals surface area (Å²) in [6, 6.07) is 22.0. The van der Waals surface area contributed by atoms with Crippen molar-refractivity contribution in [2.24, 2.45) is 0 Å². The molecular formula is C19H14O4. The normalized spacial score (nSPS) is 10.1. The Morgan fingerprint density at radius 1 is 0.696 bits per heavy atom. The van der Waals surface area contributed by atoms with E-state index in [2.05, 4.69) is 0 Å². The second kappa shape index (κ2) is 6.66. The molecule has 0 amide bonds. The molecule has 0 aromatic heterocycles. The van der Waals surface area contributed by atoms with E-state index >= 15 is 0 Å². The molecule has 0 bridgehead atoms. The van der Waals surface area contributed by atoms with E-state index < -0.39 is 5.97 Å². The molecule has 0 saturated heterocycles. The van der Waals surface area contributed by atoms with Crippen LogP contribution in [0.25, 0.3) is 0 Å². The van der Waals surface area contributed by atoms with Crippen molar-refractivity contribution in [2.45, 2.75) is 0 Å². The van der Waals surface area contributed by atoms with Crippen LogP contribution < -0.4 is 9.47 Å². The smallest absolute Gasteiger partial charge is 0.343 e. The lowest BCUT2D eigenvalue weighted by Crippen LogP contribution is -2.07. The van der Waals surface area contributed by atoms with Gasteiger partial charge in [0.1, 0.15) is 23.0 Å². The van der Waals surface area contributed by atoms with Crippen LogP contribution in [0.4, 0.5) is 0 Å². The summed E-state index contributed by atoms with van der Waals surface area (Å²) in [7, 11) is 0. The zero-order valence-corrected chi connectivity index (χ0v) is 12.2. The summed E-state index contributed by atoms with van der Waals surface area (Å²) in [5.74, 6) is 1.43. The molecule has 3 aromatic rings. The Bertz CT molecular complexity index is 778. The van der Waals surface area contributed by atoms with Gasteiger partial charge in [0, 0.05) is 0 Å². The minimum absolute atomic E-state index is 0.181. The Balaban J connectivity index is 1.65. The summed E-state index contributed by atoms with van der Waals surface area (Å²) in [5.41, 5.74) is 0.497. The number of esters is 1. The highest BCUT2D eigenvalue weighted by molar-refractivity contribution is 5.90. The summed E-state index contributed by atoms with van der Waals surface area (Å²) < 4.78 is 10.9. The molecule has 1 N–H and O–H groups in total. The topological polar surface area (TPSA) is 55.8 Å². The second-order valence-corrected chi connectivity index (χ2v) is 4.82. The average Bonchev–Trinajstić information content (AvgIpc) is 2.59. The van der Waals surface area contributed by atoms with Crippen molar-refractivity contribution >= 4 is 5.97 Å². The standard InChI is InChI=1S/C19H14O4/c20-15-6-8-16(9-7-15)22-17-10-12-18(13-11-17)23-19(21)14-4-2-1-3-5-14/h1-13,20H. The molecule has 0 aliphatic rings. The molecule has 0 atom stereocenters. The Morgan fingerprint density at radius 2 is 1.22 bits per heavy atom. The highest BCUT2D eigenvalue weighted by Crippen LogP contribution is 2.25. The third-order valence-electron chi connectivity index (χ3n) is 3.12. The number of ether oxygens (including phenoxy) is 2. The maximum absolute atomic E-state index is 11.9. The molecule has 3 aromatic carbocycles. The number of phenols is 1. The van der Waals surface area contributed by atoms with Crippen LogP contribution in [-0.2, 0) is 0 Å². The summed E-state index contributed by atoms with van der Waals surface area (Å²) in [6.07, 6.45) is 0. The van der Waals surface area contributed by atoms with Crippen molar-refractivity contribution in [2.75, 3.05) is 0 Å². The van der Waals surface area contributed by atoms with Crippen molar-refractivity contribution in [1.82, 2.24) is 0 Å². The monoisotopic (exact) mass is 306 g/mol. The number of phenolic OH excluding ortho intramolecular Hbond substituents is 1. The minimum Gasteiger partial charge on any atom is -0.508 e. The number of aromatic hydroxyl groups is 1. The molecule has 0 aliphatic carbocycles. The Kier molecular flexibility index (Phi) is 4.25. The number of benzene rings is 3. The van der Waals surface area contributed by atoms with Crippen LogP contribution >= 0.6 is 0 Å². The molecule has 0 saturated carbocycles. The molecule has 23 heavy (non-hydrogen) atoms. The van der Waals surface area contributed by atoms with E-state index in [1.807, 2.05) is 6.07 Å². The van der Waals surface area contributed by atoms with Crippen LogP contribution in [0.2, 0.25) is 0 Å². The van der Waals surface area contributed by atoms with Gasteiger partial charge in [-0.2, -0.15) is 0 Å². The maximum atomic E-state index is 11.9. The third-order valence-corrected chi connectivity index (χ3v) is 3.12. The van der Waals surface area contributed by atoms with E-state index in [1.165, 1.54) is 0 Å². The summed E-state index contributed by atoms with van der Waals surface area (Å²) >= 11 is 0. The highest BCUT2D eigenvalue weighted by atomic mass is 16.5. The molecule has 0 radical (unpaired) electrons. The molecule has 4 heteroatoms. The molecule has 3 rings (SSSR count). The maximum Gasteiger partial charge on any atom is 0.343 e. The first-order valence-corrected chi connectivity index (χ1v) is 7.05. The first-order valence-electron chi connectivity index (χ1n) is 7.05. The van der Waals surface area contributed by atoms with Crippen LogP contribution in [-0.4, -0.2) is 11.1 Å². The molecule has 0 fully saturated rings. The van der Waals surface area contributed by atoms with Gasteiger partial charge in [0.2, 0.25) is 0 Å². The van der Waals surface area contributed by atoms with Gasteiger partial charge in [0.05, 0.1) is 5.56 Å². The lowest BCUT2D eigenvalue weighted by Gasteiger charge is -2.07. The van der Waals surface area contributed by atoms with Crippen LogP contribution in [0.1, 0.15) is 10.4 Å². The average molecular weight is 306 g/mol. The van der Waals surface area contributed by atoms with E-state index in [0.717, 1.165) is 0 Å². The van der Waals surface area contributed by atoms with E-state index in [9.17, 15) is 9.90 Å². The second-order valence-electron chi connectivity index (χ2n) is 4.82. The lowest BCUT2D eigenvalue weighted by atomic mass is 10.2. The van der Waals surface area contributed by atoms with Gasteiger partial charge in [-0.3, -0.25) is 0 Å². The molecule has 0 heterocycles. The van der Waals surface area contributed by atoms with Gasteiger partial charge in [0.15, 0.2) is 0 Å². The Hall–Kier alpha value is -3.27. The van der Waals surface area contributed by atoms with Gasteiger partial charge in [-0.15, -0.1) is 0 Å². The van der Waals surface area contributed by atoms with Crippen molar-refractivity contribution in [3.63, 3.8) is 0 Å². The van der Waals surface area contributed by atoms with Gasteiger partial charge < -0.3 is 14.6 Å².